The van der Waals surface area contributed by atoms with Crippen molar-refractivity contribution in [1.29, 1.82) is 0 Å². The standard InChI is InChI=1S/C11H8ClNO3S/c1-16-9-7(10-13-2-3-17-10)4-6(12)5-8(9)11(14)15/h2-5H,1H3,(H,14,15). The molecule has 0 aliphatic heterocycles. The Kier molecular flexibility index (Phi) is 3.31. The van der Waals surface area contributed by atoms with Gasteiger partial charge in [0.25, 0.3) is 0 Å². The number of aromatic nitrogens is 1. The summed E-state index contributed by atoms with van der Waals surface area (Å²) in [6.45, 7) is 0. The number of thiazole rings is 1. The summed E-state index contributed by atoms with van der Waals surface area (Å²) < 4.78 is 5.14. The molecule has 2 rings (SSSR count). The Labute approximate surface area is 106 Å². The van der Waals surface area contributed by atoms with Gasteiger partial charge >= 0.3 is 5.97 Å². The quantitative estimate of drug-likeness (QED) is 0.930. The predicted octanol–water partition coefficient (Wildman–Crippen LogP) is 3.17. The summed E-state index contributed by atoms with van der Waals surface area (Å²) in [6.07, 6.45) is 1.64. The smallest absolute Gasteiger partial charge is 0.339 e. The molecule has 0 unspecified atom stereocenters. The minimum atomic E-state index is -1.08. The predicted molar refractivity (Wildman–Crippen MR) is 66.1 cm³/mol. The molecule has 0 radical (unpaired) electrons. The van der Waals surface area contributed by atoms with E-state index in [-0.39, 0.29) is 11.3 Å². The molecule has 0 aliphatic rings. The van der Waals surface area contributed by atoms with Gasteiger partial charge in [-0.05, 0) is 12.1 Å². The zero-order chi connectivity index (χ0) is 12.4. The molecule has 1 aromatic carbocycles. The van der Waals surface area contributed by atoms with Gasteiger partial charge in [-0.1, -0.05) is 11.6 Å². The third-order valence-corrected chi connectivity index (χ3v) is 3.18. The summed E-state index contributed by atoms with van der Waals surface area (Å²) >= 11 is 7.29. The Bertz CT molecular complexity index is 554. The monoisotopic (exact) mass is 269 g/mol. The Morgan fingerprint density at radius 3 is 2.82 bits per heavy atom. The normalized spacial score (nSPS) is 10.2. The highest BCUT2D eigenvalue weighted by Gasteiger charge is 2.18. The summed E-state index contributed by atoms with van der Waals surface area (Å²) in [7, 11) is 1.42. The summed E-state index contributed by atoms with van der Waals surface area (Å²) in [5.74, 6) is -0.806. The molecule has 88 valence electrons. The molecule has 2 aromatic rings. The van der Waals surface area contributed by atoms with Crippen molar-refractivity contribution in [1.82, 2.24) is 4.98 Å². The summed E-state index contributed by atoms with van der Waals surface area (Å²) in [5, 5.41) is 11.9. The van der Waals surface area contributed by atoms with Gasteiger partial charge in [-0.25, -0.2) is 9.78 Å². The highest BCUT2D eigenvalue weighted by molar-refractivity contribution is 7.13. The Hall–Kier alpha value is -1.59. The van der Waals surface area contributed by atoms with Crippen molar-refractivity contribution in [3.8, 4) is 16.3 Å². The van der Waals surface area contributed by atoms with E-state index < -0.39 is 5.97 Å². The molecule has 1 heterocycles. The van der Waals surface area contributed by atoms with Crippen LogP contribution in [0.3, 0.4) is 0 Å². The van der Waals surface area contributed by atoms with Crippen LogP contribution >= 0.6 is 22.9 Å². The lowest BCUT2D eigenvalue weighted by Gasteiger charge is -2.10. The molecule has 0 saturated carbocycles. The molecule has 0 amide bonds. The van der Waals surface area contributed by atoms with E-state index in [1.165, 1.54) is 24.5 Å². The molecule has 0 bridgehead atoms. The molecule has 17 heavy (non-hydrogen) atoms. The van der Waals surface area contributed by atoms with Crippen molar-refractivity contribution in [2.45, 2.75) is 0 Å². The number of benzene rings is 1. The van der Waals surface area contributed by atoms with Gasteiger partial charge in [0.2, 0.25) is 0 Å². The zero-order valence-corrected chi connectivity index (χ0v) is 10.4. The highest BCUT2D eigenvalue weighted by Crippen LogP contribution is 2.36. The minimum absolute atomic E-state index is 0.0326. The molecule has 6 heteroatoms. The molecule has 1 aromatic heterocycles. The average Bonchev–Trinajstić information content (AvgIpc) is 2.81. The first kappa shape index (κ1) is 11.9. The van der Waals surface area contributed by atoms with Crippen LogP contribution in [0.2, 0.25) is 5.02 Å². The lowest BCUT2D eigenvalue weighted by Crippen LogP contribution is -2.02. The first-order valence-corrected chi connectivity index (χ1v) is 5.90. The van der Waals surface area contributed by atoms with Crippen LogP contribution in [-0.4, -0.2) is 23.2 Å². The van der Waals surface area contributed by atoms with Crippen molar-refractivity contribution in [2.24, 2.45) is 0 Å². The van der Waals surface area contributed by atoms with E-state index >= 15 is 0 Å². The second kappa shape index (κ2) is 4.73. The number of hydrogen-bond acceptors (Lipinski definition) is 4. The number of carboxylic acid groups (broad SMARTS) is 1. The number of methoxy groups -OCH3 is 1. The van der Waals surface area contributed by atoms with Crippen molar-refractivity contribution < 1.29 is 14.6 Å². The van der Waals surface area contributed by atoms with Crippen LogP contribution in [0.15, 0.2) is 23.7 Å². The third kappa shape index (κ3) is 2.25. The second-order valence-electron chi connectivity index (χ2n) is 3.18. The molecule has 0 saturated heterocycles. The van der Waals surface area contributed by atoms with Crippen LogP contribution in [0.4, 0.5) is 0 Å². The van der Waals surface area contributed by atoms with Crippen LogP contribution in [0, 0.1) is 0 Å². The lowest BCUT2D eigenvalue weighted by atomic mass is 10.1. The third-order valence-electron chi connectivity index (χ3n) is 2.15. The topological polar surface area (TPSA) is 59.4 Å². The fraction of sp³-hybridized carbons (Fsp3) is 0.0909. The zero-order valence-electron chi connectivity index (χ0n) is 8.81. The maximum atomic E-state index is 11.1. The number of hydrogen-bond donors (Lipinski definition) is 1. The summed E-state index contributed by atoms with van der Waals surface area (Å²) in [6, 6.07) is 3.01. The Morgan fingerprint density at radius 1 is 1.53 bits per heavy atom. The average molecular weight is 270 g/mol. The molecular weight excluding hydrogens is 262 g/mol. The molecule has 4 nitrogen and oxygen atoms in total. The lowest BCUT2D eigenvalue weighted by molar-refractivity contribution is 0.0693. The molecular formula is C11H8ClNO3S. The number of aromatic carboxylic acids is 1. The van der Waals surface area contributed by atoms with Gasteiger partial charge in [-0.3, -0.25) is 0 Å². The van der Waals surface area contributed by atoms with E-state index in [4.69, 9.17) is 21.4 Å². The maximum absolute atomic E-state index is 11.1. The van der Waals surface area contributed by atoms with Gasteiger partial charge in [-0.2, -0.15) is 0 Å². The minimum Gasteiger partial charge on any atom is -0.495 e. The first-order chi connectivity index (χ1) is 8.13. The largest absolute Gasteiger partial charge is 0.495 e. The van der Waals surface area contributed by atoms with E-state index in [2.05, 4.69) is 4.98 Å². The van der Waals surface area contributed by atoms with Crippen molar-refractivity contribution in [3.05, 3.63) is 34.3 Å². The first-order valence-electron chi connectivity index (χ1n) is 4.64. The Balaban J connectivity index is 2.70. The second-order valence-corrected chi connectivity index (χ2v) is 4.51. The van der Waals surface area contributed by atoms with E-state index in [1.54, 1.807) is 17.6 Å². The van der Waals surface area contributed by atoms with Gasteiger partial charge in [0.05, 0.1) is 12.7 Å². The molecule has 0 spiro atoms. The fourth-order valence-corrected chi connectivity index (χ4v) is 2.36. The number of ether oxygens (including phenoxy) is 1. The van der Waals surface area contributed by atoms with Gasteiger partial charge in [-0.15, -0.1) is 11.3 Å². The van der Waals surface area contributed by atoms with Crippen LogP contribution in [-0.2, 0) is 0 Å². The number of carbonyl (C=O) groups is 1. The van der Waals surface area contributed by atoms with Crippen LogP contribution < -0.4 is 4.74 Å². The Morgan fingerprint density at radius 2 is 2.29 bits per heavy atom. The molecule has 0 fully saturated rings. The fourth-order valence-electron chi connectivity index (χ4n) is 1.49. The number of nitrogens with zero attached hydrogens (tertiary/aromatic N) is 1. The number of carboxylic acids is 1. The molecule has 0 atom stereocenters. The van der Waals surface area contributed by atoms with Crippen LogP contribution in [0.25, 0.3) is 10.6 Å². The van der Waals surface area contributed by atoms with E-state index in [1.807, 2.05) is 0 Å². The molecule has 0 aliphatic carbocycles. The SMILES string of the molecule is COc1c(C(=O)O)cc(Cl)cc1-c1nccs1. The molecule has 1 N–H and O–H groups in total. The highest BCUT2D eigenvalue weighted by atomic mass is 35.5. The maximum Gasteiger partial charge on any atom is 0.339 e. The van der Waals surface area contributed by atoms with E-state index in [9.17, 15) is 4.79 Å². The van der Waals surface area contributed by atoms with Crippen LogP contribution in [0.5, 0.6) is 5.75 Å². The van der Waals surface area contributed by atoms with Gasteiger partial charge in [0.1, 0.15) is 16.3 Å². The van der Waals surface area contributed by atoms with Gasteiger partial charge < -0.3 is 9.84 Å². The van der Waals surface area contributed by atoms with Crippen molar-refractivity contribution in [3.63, 3.8) is 0 Å². The van der Waals surface area contributed by atoms with E-state index in [0.29, 0.717) is 15.6 Å². The van der Waals surface area contributed by atoms with Crippen molar-refractivity contribution >= 4 is 28.9 Å². The number of halogens is 1. The van der Waals surface area contributed by atoms with E-state index in [0.717, 1.165) is 0 Å². The van der Waals surface area contributed by atoms with Gasteiger partial charge in [0.15, 0.2) is 0 Å². The summed E-state index contributed by atoms with van der Waals surface area (Å²) in [4.78, 5) is 15.2. The summed E-state index contributed by atoms with van der Waals surface area (Å²) in [5.41, 5.74) is 0.623. The number of rotatable bonds is 3. The van der Waals surface area contributed by atoms with Gasteiger partial charge in [0, 0.05) is 16.6 Å². The van der Waals surface area contributed by atoms with Crippen LogP contribution in [0.1, 0.15) is 10.4 Å². The van der Waals surface area contributed by atoms with Crippen molar-refractivity contribution in [2.75, 3.05) is 7.11 Å².